The van der Waals surface area contributed by atoms with Crippen LogP contribution in [-0.2, 0) is 9.53 Å². The van der Waals surface area contributed by atoms with Gasteiger partial charge >= 0.3 is 0 Å². The summed E-state index contributed by atoms with van der Waals surface area (Å²) >= 11 is 0. The molecule has 4 N–H and O–H groups in total. The minimum Gasteiger partial charge on any atom is -0.388 e. The topological polar surface area (TPSA) is 84.6 Å². The number of hydrogen-bond acceptors (Lipinski definition) is 4. The molecule has 0 aromatic heterocycles. The van der Waals surface area contributed by atoms with Crippen molar-refractivity contribution in [3.63, 3.8) is 0 Å². The Kier molecular flexibility index (Phi) is 5.18. The van der Waals surface area contributed by atoms with E-state index < -0.39 is 11.6 Å². The molecule has 16 heavy (non-hydrogen) atoms. The lowest BCUT2D eigenvalue weighted by Gasteiger charge is -2.36. The van der Waals surface area contributed by atoms with E-state index in [4.69, 9.17) is 10.5 Å². The number of ether oxygens (including phenoxy) is 1. The highest BCUT2D eigenvalue weighted by molar-refractivity contribution is 5.81. The van der Waals surface area contributed by atoms with Crippen LogP contribution < -0.4 is 11.1 Å². The molecule has 0 heterocycles. The van der Waals surface area contributed by atoms with Gasteiger partial charge in [-0.25, -0.2) is 0 Å². The number of nitrogens with one attached hydrogen (secondary N) is 1. The van der Waals surface area contributed by atoms with Gasteiger partial charge in [0.2, 0.25) is 5.91 Å². The second-order valence-electron chi connectivity index (χ2n) is 4.54. The van der Waals surface area contributed by atoms with Crippen LogP contribution in [0.2, 0.25) is 0 Å². The summed E-state index contributed by atoms with van der Waals surface area (Å²) < 4.78 is 4.89. The van der Waals surface area contributed by atoms with Gasteiger partial charge in [-0.3, -0.25) is 4.79 Å². The number of rotatable bonds is 7. The van der Waals surface area contributed by atoms with Crippen molar-refractivity contribution < 1.29 is 14.6 Å². The normalized spacial score (nSPS) is 19.9. The smallest absolute Gasteiger partial charge is 0.237 e. The Balaban J connectivity index is 2.13. The SMILES string of the molecule is COCCCC(N)C(=O)NCC1(O)CCC1. The summed E-state index contributed by atoms with van der Waals surface area (Å²) in [5, 5.41) is 12.5. The van der Waals surface area contributed by atoms with Crippen molar-refractivity contribution in [1.82, 2.24) is 5.32 Å². The highest BCUT2D eigenvalue weighted by atomic mass is 16.5. The number of methoxy groups -OCH3 is 1. The summed E-state index contributed by atoms with van der Waals surface area (Å²) in [4.78, 5) is 11.5. The molecule has 1 amide bonds. The van der Waals surface area contributed by atoms with Crippen LogP contribution in [0.1, 0.15) is 32.1 Å². The summed E-state index contributed by atoms with van der Waals surface area (Å²) in [5.41, 5.74) is 5.02. The van der Waals surface area contributed by atoms with Gasteiger partial charge in [0, 0.05) is 20.3 Å². The van der Waals surface area contributed by atoms with E-state index in [0.717, 1.165) is 25.7 Å². The summed E-state index contributed by atoms with van der Waals surface area (Å²) in [6.45, 7) is 0.939. The number of amides is 1. The first-order valence-electron chi connectivity index (χ1n) is 5.82. The van der Waals surface area contributed by atoms with E-state index in [0.29, 0.717) is 19.6 Å². The first kappa shape index (κ1) is 13.4. The van der Waals surface area contributed by atoms with E-state index in [2.05, 4.69) is 5.32 Å². The van der Waals surface area contributed by atoms with E-state index in [1.165, 1.54) is 0 Å². The van der Waals surface area contributed by atoms with Crippen molar-refractivity contribution in [2.75, 3.05) is 20.3 Å². The van der Waals surface area contributed by atoms with E-state index in [1.807, 2.05) is 0 Å². The lowest BCUT2D eigenvalue weighted by molar-refractivity contribution is -0.125. The lowest BCUT2D eigenvalue weighted by Crippen LogP contribution is -2.51. The predicted molar refractivity (Wildman–Crippen MR) is 60.9 cm³/mol. The summed E-state index contributed by atoms with van der Waals surface area (Å²) in [6, 6.07) is -0.501. The van der Waals surface area contributed by atoms with Gasteiger partial charge in [0.05, 0.1) is 11.6 Å². The monoisotopic (exact) mass is 230 g/mol. The maximum Gasteiger partial charge on any atom is 0.237 e. The zero-order chi connectivity index (χ0) is 12.0. The highest BCUT2D eigenvalue weighted by Gasteiger charge is 2.34. The Bertz CT molecular complexity index is 229. The van der Waals surface area contributed by atoms with E-state index >= 15 is 0 Å². The Morgan fingerprint density at radius 3 is 2.81 bits per heavy atom. The zero-order valence-electron chi connectivity index (χ0n) is 9.87. The standard InChI is InChI=1S/C11H22N2O3/c1-16-7-2-4-9(12)10(14)13-8-11(15)5-3-6-11/h9,15H,2-8,12H2,1H3,(H,13,14). The van der Waals surface area contributed by atoms with Crippen molar-refractivity contribution in [3.05, 3.63) is 0 Å². The van der Waals surface area contributed by atoms with Gasteiger partial charge in [-0.05, 0) is 32.1 Å². The van der Waals surface area contributed by atoms with E-state index in [9.17, 15) is 9.90 Å². The Morgan fingerprint density at radius 1 is 1.62 bits per heavy atom. The Morgan fingerprint density at radius 2 is 2.31 bits per heavy atom. The molecule has 5 heteroatoms. The molecule has 0 saturated heterocycles. The molecule has 0 spiro atoms. The number of carbonyl (C=O) groups excluding carboxylic acids is 1. The molecular weight excluding hydrogens is 208 g/mol. The number of carbonyl (C=O) groups is 1. The second-order valence-corrected chi connectivity index (χ2v) is 4.54. The Hall–Kier alpha value is -0.650. The van der Waals surface area contributed by atoms with Crippen molar-refractivity contribution in [1.29, 1.82) is 0 Å². The molecule has 0 aromatic rings. The third kappa shape index (κ3) is 4.08. The van der Waals surface area contributed by atoms with Crippen molar-refractivity contribution in [3.8, 4) is 0 Å². The molecule has 1 saturated carbocycles. The predicted octanol–water partition coefficient (Wildman–Crippen LogP) is -0.228. The number of aliphatic hydroxyl groups is 1. The first-order valence-corrected chi connectivity index (χ1v) is 5.82. The van der Waals surface area contributed by atoms with Crippen LogP contribution in [-0.4, -0.2) is 42.9 Å². The lowest BCUT2D eigenvalue weighted by atomic mass is 9.80. The molecule has 0 aliphatic heterocycles. The van der Waals surface area contributed by atoms with Gasteiger partial charge in [0.25, 0.3) is 0 Å². The summed E-state index contributed by atoms with van der Waals surface area (Å²) in [7, 11) is 1.62. The number of hydrogen-bond donors (Lipinski definition) is 3. The molecule has 94 valence electrons. The maximum atomic E-state index is 11.5. The Labute approximate surface area is 96.3 Å². The van der Waals surface area contributed by atoms with E-state index in [-0.39, 0.29) is 5.91 Å². The van der Waals surface area contributed by atoms with Gasteiger partial charge in [-0.15, -0.1) is 0 Å². The minimum atomic E-state index is -0.679. The minimum absolute atomic E-state index is 0.184. The molecule has 1 aliphatic rings. The highest BCUT2D eigenvalue weighted by Crippen LogP contribution is 2.30. The first-order chi connectivity index (χ1) is 7.57. The van der Waals surface area contributed by atoms with Gasteiger partial charge in [-0.1, -0.05) is 0 Å². The molecule has 1 unspecified atom stereocenters. The van der Waals surface area contributed by atoms with Crippen LogP contribution in [0.15, 0.2) is 0 Å². The third-order valence-electron chi connectivity index (χ3n) is 3.08. The van der Waals surface area contributed by atoms with Crippen LogP contribution in [0.4, 0.5) is 0 Å². The zero-order valence-corrected chi connectivity index (χ0v) is 9.87. The summed E-state index contributed by atoms with van der Waals surface area (Å²) in [5.74, 6) is -0.184. The fraction of sp³-hybridized carbons (Fsp3) is 0.909. The van der Waals surface area contributed by atoms with Gasteiger partial charge in [-0.2, -0.15) is 0 Å². The second kappa shape index (κ2) is 6.18. The molecule has 1 aliphatic carbocycles. The molecule has 5 nitrogen and oxygen atoms in total. The summed E-state index contributed by atoms with van der Waals surface area (Å²) in [6.07, 6.45) is 3.96. The molecule has 0 bridgehead atoms. The van der Waals surface area contributed by atoms with Gasteiger partial charge < -0.3 is 20.9 Å². The van der Waals surface area contributed by atoms with Crippen LogP contribution in [0, 0.1) is 0 Å². The molecule has 1 fully saturated rings. The van der Waals surface area contributed by atoms with Gasteiger partial charge in [0.1, 0.15) is 0 Å². The van der Waals surface area contributed by atoms with E-state index in [1.54, 1.807) is 7.11 Å². The molecule has 0 radical (unpaired) electrons. The fourth-order valence-corrected chi connectivity index (χ4v) is 1.72. The number of nitrogens with two attached hydrogens (primary N) is 1. The van der Waals surface area contributed by atoms with Crippen LogP contribution in [0.3, 0.4) is 0 Å². The molecular formula is C11H22N2O3. The molecule has 0 aromatic carbocycles. The quantitative estimate of drug-likeness (QED) is 0.527. The fourth-order valence-electron chi connectivity index (χ4n) is 1.72. The average Bonchev–Trinajstić information content (AvgIpc) is 2.23. The maximum absolute atomic E-state index is 11.5. The largest absolute Gasteiger partial charge is 0.388 e. The van der Waals surface area contributed by atoms with Crippen molar-refractivity contribution >= 4 is 5.91 Å². The van der Waals surface area contributed by atoms with Crippen LogP contribution >= 0.6 is 0 Å². The molecule has 1 atom stereocenters. The average molecular weight is 230 g/mol. The van der Waals surface area contributed by atoms with Gasteiger partial charge in [0.15, 0.2) is 0 Å². The van der Waals surface area contributed by atoms with Crippen molar-refractivity contribution in [2.24, 2.45) is 5.73 Å². The van der Waals surface area contributed by atoms with Crippen LogP contribution in [0.25, 0.3) is 0 Å². The van der Waals surface area contributed by atoms with Crippen molar-refractivity contribution in [2.45, 2.75) is 43.7 Å². The molecule has 1 rings (SSSR count). The van der Waals surface area contributed by atoms with Crippen LogP contribution in [0.5, 0.6) is 0 Å². The third-order valence-corrected chi connectivity index (χ3v) is 3.08.